The van der Waals surface area contributed by atoms with Gasteiger partial charge < -0.3 is 0 Å². The average Bonchev–Trinajstić information content (AvgIpc) is 3.09. The molecule has 2 aliphatic rings. The van der Waals surface area contributed by atoms with Crippen molar-refractivity contribution >= 4 is 66.7 Å². The zero-order valence-electron chi connectivity index (χ0n) is 25.7. The molecule has 0 atom stereocenters. The molecule has 0 radical (unpaired) electrons. The van der Waals surface area contributed by atoms with Gasteiger partial charge in [0.05, 0.1) is 0 Å². The van der Waals surface area contributed by atoms with Gasteiger partial charge in [-0.2, -0.15) is 0 Å². The molecule has 6 nitrogen and oxygen atoms in total. The maximum atomic E-state index is 13.9. The van der Waals surface area contributed by atoms with E-state index < -0.39 is 0 Å². The maximum Gasteiger partial charge on any atom is 0.261 e. The summed E-state index contributed by atoms with van der Waals surface area (Å²) in [6, 6.07) is 33.0. The fourth-order valence-corrected chi connectivity index (χ4v) is 7.77. The van der Waals surface area contributed by atoms with Gasteiger partial charge in [-0.1, -0.05) is 84.4 Å². The fourth-order valence-electron chi connectivity index (χ4n) is 7.77. The lowest BCUT2D eigenvalue weighted by molar-refractivity contribution is 0.0597. The van der Waals surface area contributed by atoms with Gasteiger partial charge in [-0.25, -0.2) is 0 Å². The van der Waals surface area contributed by atoms with Gasteiger partial charge >= 0.3 is 0 Å². The Hall–Kier alpha value is -5.88. The number of carbonyl (C=O) groups is 4. The molecular formula is C41H28N2O4. The van der Waals surface area contributed by atoms with Crippen molar-refractivity contribution in [1.29, 1.82) is 0 Å². The number of carbonyl (C=O) groups excluding carboxylic acids is 4. The minimum absolute atomic E-state index is 0.290. The van der Waals surface area contributed by atoms with Crippen molar-refractivity contribution in [1.82, 2.24) is 9.80 Å². The molecule has 0 spiro atoms. The Bertz CT molecular complexity index is 2400. The standard InChI is InChI=1S/C41H28N2O4/c1-23-6-5-9-25(22-23)19-21-43-40(46)32-16-12-28-26-10-14-30-36-31(39(45)42(38(30)44)20-18-24-7-3-2-4-8-24)15-11-27(34(26)36)29-13-17-33(41(43)47)37(32)35(28)29/h2-17,22H,18-21H2,1H3. The van der Waals surface area contributed by atoms with Crippen LogP contribution in [0.1, 0.15) is 58.1 Å². The van der Waals surface area contributed by atoms with Crippen LogP contribution in [-0.2, 0) is 12.8 Å². The third-order valence-electron chi connectivity index (χ3n) is 9.98. The Morgan fingerprint density at radius 1 is 0.426 bits per heavy atom. The molecule has 0 saturated heterocycles. The summed E-state index contributed by atoms with van der Waals surface area (Å²) in [5.41, 5.74) is 5.32. The molecule has 0 fully saturated rings. The summed E-state index contributed by atoms with van der Waals surface area (Å²) in [6.45, 7) is 2.62. The molecule has 226 valence electrons. The minimum Gasteiger partial charge on any atom is -0.274 e. The first-order valence-electron chi connectivity index (χ1n) is 15.9. The number of rotatable bonds is 6. The van der Waals surface area contributed by atoms with E-state index in [9.17, 15) is 19.2 Å². The van der Waals surface area contributed by atoms with E-state index in [0.717, 1.165) is 49.0 Å². The predicted octanol–water partition coefficient (Wildman–Crippen LogP) is 7.72. The number of hydrogen-bond acceptors (Lipinski definition) is 4. The number of nitrogens with zero attached hydrogens (tertiary/aromatic N) is 2. The topological polar surface area (TPSA) is 74.8 Å². The van der Waals surface area contributed by atoms with Gasteiger partial charge in [0.15, 0.2) is 0 Å². The summed E-state index contributed by atoms with van der Waals surface area (Å²) < 4.78 is 0. The SMILES string of the molecule is Cc1cccc(CCN2C(=O)c3ccc4c5ccc6c7c(ccc(c8ccc(c3c48)C2=O)c75)C(=O)N(CCc2ccccc2)C6=O)c1. The Morgan fingerprint density at radius 2 is 0.830 bits per heavy atom. The second-order valence-electron chi connectivity index (χ2n) is 12.6. The number of hydrogen-bond donors (Lipinski definition) is 0. The van der Waals surface area contributed by atoms with Crippen molar-refractivity contribution in [3.8, 4) is 0 Å². The van der Waals surface area contributed by atoms with Crippen molar-refractivity contribution < 1.29 is 19.2 Å². The van der Waals surface area contributed by atoms with Crippen molar-refractivity contribution in [3.05, 3.63) is 142 Å². The summed E-state index contributed by atoms with van der Waals surface area (Å²) in [5.74, 6) is -1.16. The number of aryl methyl sites for hydroxylation is 1. The van der Waals surface area contributed by atoms with Gasteiger partial charge in [-0.15, -0.1) is 0 Å². The average molecular weight is 613 g/mol. The molecule has 0 saturated carbocycles. The van der Waals surface area contributed by atoms with Gasteiger partial charge in [0.1, 0.15) is 0 Å². The minimum atomic E-state index is -0.292. The molecule has 2 heterocycles. The van der Waals surface area contributed by atoms with Crippen molar-refractivity contribution in [3.63, 3.8) is 0 Å². The zero-order valence-corrected chi connectivity index (χ0v) is 25.7. The summed E-state index contributed by atoms with van der Waals surface area (Å²) in [5, 5.41) is 6.59. The lowest BCUT2D eigenvalue weighted by atomic mass is 9.82. The van der Waals surface area contributed by atoms with E-state index >= 15 is 0 Å². The lowest BCUT2D eigenvalue weighted by Crippen LogP contribution is -2.41. The molecule has 0 unspecified atom stereocenters. The second kappa shape index (κ2) is 10.1. The van der Waals surface area contributed by atoms with Gasteiger partial charge in [0.2, 0.25) is 0 Å². The van der Waals surface area contributed by atoms with Crippen LogP contribution in [0.2, 0.25) is 0 Å². The van der Waals surface area contributed by atoms with Crippen molar-refractivity contribution in [2.75, 3.05) is 13.1 Å². The molecule has 6 heteroatoms. The monoisotopic (exact) mass is 612 g/mol. The van der Waals surface area contributed by atoms with Crippen LogP contribution in [-0.4, -0.2) is 46.5 Å². The van der Waals surface area contributed by atoms with Crippen LogP contribution >= 0.6 is 0 Å². The molecule has 47 heavy (non-hydrogen) atoms. The third-order valence-corrected chi connectivity index (χ3v) is 9.98. The van der Waals surface area contributed by atoms with E-state index in [2.05, 4.69) is 6.07 Å². The second-order valence-corrected chi connectivity index (χ2v) is 12.6. The summed E-state index contributed by atoms with van der Waals surface area (Å²) >= 11 is 0. The number of amides is 4. The summed E-state index contributed by atoms with van der Waals surface area (Å²) in [4.78, 5) is 58.1. The fraction of sp³-hybridized carbons (Fsp3) is 0.122. The molecule has 7 aromatic rings. The van der Waals surface area contributed by atoms with Gasteiger partial charge in [-0.3, -0.25) is 29.0 Å². The van der Waals surface area contributed by atoms with Crippen LogP contribution in [0.5, 0.6) is 0 Å². The smallest absolute Gasteiger partial charge is 0.261 e. The molecule has 0 aromatic heterocycles. The van der Waals surface area contributed by atoms with Crippen LogP contribution in [0.15, 0.2) is 103 Å². The van der Waals surface area contributed by atoms with E-state index in [4.69, 9.17) is 0 Å². The first-order chi connectivity index (χ1) is 22.9. The highest BCUT2D eigenvalue weighted by Crippen LogP contribution is 2.46. The van der Waals surface area contributed by atoms with E-state index in [1.807, 2.05) is 104 Å². The number of imide groups is 2. The summed E-state index contributed by atoms with van der Waals surface area (Å²) in [7, 11) is 0. The van der Waals surface area contributed by atoms with E-state index in [1.54, 1.807) is 0 Å². The van der Waals surface area contributed by atoms with Crippen LogP contribution < -0.4 is 0 Å². The van der Waals surface area contributed by atoms with Gasteiger partial charge in [-0.05, 0) is 87.5 Å². The Balaban J connectivity index is 1.17. The van der Waals surface area contributed by atoms with Crippen LogP contribution in [0.25, 0.3) is 43.1 Å². The molecule has 2 aliphatic heterocycles. The first-order valence-corrected chi connectivity index (χ1v) is 15.9. The molecular weight excluding hydrogens is 584 g/mol. The van der Waals surface area contributed by atoms with Crippen molar-refractivity contribution in [2.24, 2.45) is 0 Å². The van der Waals surface area contributed by atoms with Gasteiger partial charge in [0, 0.05) is 46.1 Å². The number of benzene rings is 7. The molecule has 0 aliphatic carbocycles. The van der Waals surface area contributed by atoms with E-state index in [0.29, 0.717) is 59.0 Å². The normalized spacial score (nSPS) is 14.5. The zero-order chi connectivity index (χ0) is 32.0. The van der Waals surface area contributed by atoms with Crippen LogP contribution in [0, 0.1) is 6.92 Å². The molecule has 4 amide bonds. The third kappa shape index (κ3) is 3.91. The molecule has 9 rings (SSSR count). The first kappa shape index (κ1) is 27.4. The van der Waals surface area contributed by atoms with Crippen LogP contribution in [0.3, 0.4) is 0 Å². The Kier molecular flexibility index (Phi) is 5.87. The highest BCUT2D eigenvalue weighted by atomic mass is 16.2. The molecule has 0 N–H and O–H groups in total. The Labute approximate surface area is 270 Å². The van der Waals surface area contributed by atoms with Crippen LogP contribution in [0.4, 0.5) is 0 Å². The summed E-state index contributed by atoms with van der Waals surface area (Å²) in [6.07, 6.45) is 1.16. The molecule has 0 bridgehead atoms. The quantitative estimate of drug-likeness (QED) is 0.109. The van der Waals surface area contributed by atoms with Gasteiger partial charge in [0.25, 0.3) is 23.6 Å². The largest absolute Gasteiger partial charge is 0.274 e. The number of fused-ring (bicyclic) bond motifs is 2. The lowest BCUT2D eigenvalue weighted by Gasteiger charge is -2.30. The van der Waals surface area contributed by atoms with E-state index in [1.165, 1.54) is 9.80 Å². The molecule has 7 aromatic carbocycles. The predicted molar refractivity (Wildman–Crippen MR) is 183 cm³/mol. The highest BCUT2D eigenvalue weighted by molar-refractivity contribution is 6.41. The van der Waals surface area contributed by atoms with Crippen molar-refractivity contribution in [2.45, 2.75) is 19.8 Å². The maximum absolute atomic E-state index is 13.9. The van der Waals surface area contributed by atoms with E-state index in [-0.39, 0.29) is 23.6 Å². The highest BCUT2D eigenvalue weighted by Gasteiger charge is 2.36. The Morgan fingerprint density at radius 3 is 1.26 bits per heavy atom.